The standard InChI is InChI=1S/C15H12ClN2/c1-11-8-14(16)7-6-13(11)10-18-15-5-3-2-4-12(15)9-17-18/h2-8H,10H2,1H3. The largest absolute Gasteiger partial charge is 0.260 e. The number of hydrogen-bond donors (Lipinski definition) is 0. The van der Waals surface area contributed by atoms with Crippen LogP contribution in [0.15, 0.2) is 42.5 Å². The molecule has 3 rings (SSSR count). The third-order valence-electron chi connectivity index (χ3n) is 3.10. The van der Waals surface area contributed by atoms with Gasteiger partial charge in [-0.15, -0.1) is 0 Å². The van der Waals surface area contributed by atoms with Crippen molar-refractivity contribution in [2.75, 3.05) is 0 Å². The Hall–Kier alpha value is -1.80. The highest BCUT2D eigenvalue weighted by Gasteiger charge is 2.05. The second-order valence-corrected chi connectivity index (χ2v) is 4.79. The molecule has 0 amide bonds. The topological polar surface area (TPSA) is 17.8 Å². The quantitative estimate of drug-likeness (QED) is 0.680. The Balaban J connectivity index is 2.01. The number of nitrogens with zero attached hydrogens (tertiary/aromatic N) is 2. The molecule has 18 heavy (non-hydrogen) atoms. The van der Waals surface area contributed by atoms with Gasteiger partial charge in [-0.05, 0) is 36.2 Å². The first-order valence-electron chi connectivity index (χ1n) is 5.82. The highest BCUT2D eigenvalue weighted by Crippen LogP contribution is 2.18. The van der Waals surface area contributed by atoms with Crippen molar-refractivity contribution in [1.29, 1.82) is 0 Å². The molecule has 1 heterocycles. The predicted octanol–water partition coefficient (Wildman–Crippen LogP) is 3.85. The predicted molar refractivity (Wildman–Crippen MR) is 73.9 cm³/mol. The molecule has 3 aromatic rings. The van der Waals surface area contributed by atoms with Crippen LogP contribution in [0.2, 0.25) is 5.02 Å². The number of hydrogen-bond acceptors (Lipinski definition) is 1. The van der Waals surface area contributed by atoms with Crippen molar-refractivity contribution in [2.45, 2.75) is 13.5 Å². The molecular formula is C15H12ClN2. The van der Waals surface area contributed by atoms with E-state index in [1.807, 2.05) is 41.1 Å². The van der Waals surface area contributed by atoms with Gasteiger partial charge in [0.05, 0.1) is 12.1 Å². The van der Waals surface area contributed by atoms with Gasteiger partial charge < -0.3 is 0 Å². The van der Waals surface area contributed by atoms with Crippen molar-refractivity contribution in [1.82, 2.24) is 9.78 Å². The van der Waals surface area contributed by atoms with Crippen molar-refractivity contribution in [3.05, 3.63) is 64.8 Å². The van der Waals surface area contributed by atoms with Gasteiger partial charge in [0.25, 0.3) is 0 Å². The van der Waals surface area contributed by atoms with E-state index in [-0.39, 0.29) is 0 Å². The molecule has 0 aliphatic heterocycles. The molecule has 0 fully saturated rings. The minimum Gasteiger partial charge on any atom is -0.260 e. The fourth-order valence-corrected chi connectivity index (χ4v) is 2.31. The zero-order chi connectivity index (χ0) is 12.5. The van der Waals surface area contributed by atoms with Crippen LogP contribution in [0.4, 0.5) is 0 Å². The summed E-state index contributed by atoms with van der Waals surface area (Å²) >= 11 is 5.97. The summed E-state index contributed by atoms with van der Waals surface area (Å²) in [6.07, 6.45) is 3.03. The molecule has 0 aliphatic rings. The van der Waals surface area contributed by atoms with Gasteiger partial charge >= 0.3 is 0 Å². The van der Waals surface area contributed by atoms with E-state index >= 15 is 0 Å². The number of halogens is 1. The summed E-state index contributed by atoms with van der Waals surface area (Å²) in [4.78, 5) is 0. The second kappa shape index (κ2) is 4.46. The molecule has 0 aliphatic carbocycles. The first-order valence-corrected chi connectivity index (χ1v) is 6.20. The summed E-state index contributed by atoms with van der Waals surface area (Å²) in [6, 6.07) is 14.0. The summed E-state index contributed by atoms with van der Waals surface area (Å²) in [7, 11) is 0. The molecule has 89 valence electrons. The van der Waals surface area contributed by atoms with E-state index in [0.717, 1.165) is 22.5 Å². The average molecular weight is 256 g/mol. The van der Waals surface area contributed by atoms with E-state index in [1.165, 1.54) is 11.1 Å². The van der Waals surface area contributed by atoms with Gasteiger partial charge in [0.1, 0.15) is 6.20 Å². The Bertz CT molecular complexity index is 701. The summed E-state index contributed by atoms with van der Waals surface area (Å²) in [5, 5.41) is 6.13. The lowest BCUT2D eigenvalue weighted by Gasteiger charge is -2.07. The third-order valence-corrected chi connectivity index (χ3v) is 3.33. The maximum Gasteiger partial charge on any atom is 0.121 e. The molecule has 2 aromatic carbocycles. The van der Waals surface area contributed by atoms with Crippen LogP contribution in [-0.2, 0) is 6.54 Å². The van der Waals surface area contributed by atoms with Gasteiger partial charge in [-0.2, -0.15) is 5.10 Å². The number of fused-ring (bicyclic) bond motifs is 1. The lowest BCUT2D eigenvalue weighted by molar-refractivity contribution is 0.707. The van der Waals surface area contributed by atoms with Gasteiger partial charge in [-0.1, -0.05) is 35.9 Å². The molecule has 0 N–H and O–H groups in total. The minimum absolute atomic E-state index is 0.743. The van der Waals surface area contributed by atoms with Crippen LogP contribution in [0.5, 0.6) is 0 Å². The van der Waals surface area contributed by atoms with Crippen LogP contribution >= 0.6 is 11.6 Å². The zero-order valence-electron chi connectivity index (χ0n) is 10.0. The van der Waals surface area contributed by atoms with Gasteiger partial charge in [-0.3, -0.25) is 4.68 Å². The van der Waals surface area contributed by atoms with Crippen molar-refractivity contribution >= 4 is 22.5 Å². The lowest BCUT2D eigenvalue weighted by Crippen LogP contribution is -2.02. The van der Waals surface area contributed by atoms with E-state index in [1.54, 1.807) is 0 Å². The van der Waals surface area contributed by atoms with E-state index < -0.39 is 0 Å². The fourth-order valence-electron chi connectivity index (χ4n) is 2.08. The number of rotatable bonds is 2. The molecule has 1 aromatic heterocycles. The van der Waals surface area contributed by atoms with Crippen LogP contribution in [0.1, 0.15) is 11.1 Å². The summed E-state index contributed by atoms with van der Waals surface area (Å²) in [5.41, 5.74) is 3.51. The highest BCUT2D eigenvalue weighted by molar-refractivity contribution is 6.30. The monoisotopic (exact) mass is 255 g/mol. The van der Waals surface area contributed by atoms with Crippen LogP contribution < -0.4 is 0 Å². The molecule has 2 nitrogen and oxygen atoms in total. The SMILES string of the molecule is Cc1cc(Cl)ccc1Cn1n[c]c2ccccc21. The average Bonchev–Trinajstić information content (AvgIpc) is 2.76. The number of para-hydroxylation sites is 1. The Kier molecular flexibility index (Phi) is 2.80. The van der Waals surface area contributed by atoms with E-state index in [9.17, 15) is 0 Å². The van der Waals surface area contributed by atoms with Crippen LogP contribution in [0.25, 0.3) is 10.9 Å². The Morgan fingerprint density at radius 2 is 2.06 bits per heavy atom. The Morgan fingerprint density at radius 1 is 1.22 bits per heavy atom. The minimum atomic E-state index is 0.743. The first-order chi connectivity index (χ1) is 8.74. The van der Waals surface area contributed by atoms with Gasteiger partial charge in [0, 0.05) is 10.4 Å². The molecule has 3 heteroatoms. The van der Waals surface area contributed by atoms with E-state index in [0.29, 0.717) is 0 Å². The molecule has 1 radical (unpaired) electrons. The summed E-state index contributed by atoms with van der Waals surface area (Å²) < 4.78 is 1.96. The van der Waals surface area contributed by atoms with Crippen molar-refractivity contribution < 1.29 is 0 Å². The van der Waals surface area contributed by atoms with Crippen molar-refractivity contribution in [3.63, 3.8) is 0 Å². The van der Waals surface area contributed by atoms with Gasteiger partial charge in [-0.25, -0.2) is 0 Å². The van der Waals surface area contributed by atoms with Crippen LogP contribution in [0.3, 0.4) is 0 Å². The number of aryl methyl sites for hydroxylation is 1. The van der Waals surface area contributed by atoms with Crippen molar-refractivity contribution in [2.24, 2.45) is 0 Å². The molecule has 0 saturated carbocycles. The lowest BCUT2D eigenvalue weighted by atomic mass is 10.1. The summed E-state index contributed by atoms with van der Waals surface area (Å²) in [5.74, 6) is 0. The Labute approximate surface area is 111 Å². The first kappa shape index (κ1) is 11.3. The van der Waals surface area contributed by atoms with Gasteiger partial charge in [0.2, 0.25) is 0 Å². The molecular weight excluding hydrogens is 244 g/mol. The molecule has 0 atom stereocenters. The maximum atomic E-state index is 5.97. The molecule has 0 spiro atoms. The Morgan fingerprint density at radius 3 is 2.89 bits per heavy atom. The number of aromatic nitrogens is 2. The second-order valence-electron chi connectivity index (χ2n) is 4.36. The fraction of sp³-hybridized carbons (Fsp3) is 0.133. The third kappa shape index (κ3) is 2.00. The van der Waals surface area contributed by atoms with E-state index in [4.69, 9.17) is 11.6 Å². The van der Waals surface area contributed by atoms with Crippen LogP contribution in [-0.4, -0.2) is 9.78 Å². The molecule has 0 saturated heterocycles. The summed E-state index contributed by atoms with van der Waals surface area (Å²) in [6.45, 7) is 2.81. The van der Waals surface area contributed by atoms with Gasteiger partial charge in [0.15, 0.2) is 0 Å². The van der Waals surface area contributed by atoms with E-state index in [2.05, 4.69) is 24.3 Å². The number of benzene rings is 2. The molecule has 0 unspecified atom stereocenters. The van der Waals surface area contributed by atoms with Crippen molar-refractivity contribution in [3.8, 4) is 0 Å². The normalized spacial score (nSPS) is 11.0. The highest BCUT2D eigenvalue weighted by atomic mass is 35.5. The van der Waals surface area contributed by atoms with Crippen LogP contribution in [0, 0.1) is 13.1 Å². The smallest absolute Gasteiger partial charge is 0.121 e. The molecule has 0 bridgehead atoms. The zero-order valence-corrected chi connectivity index (χ0v) is 10.8. The maximum absolute atomic E-state index is 5.97.